The lowest BCUT2D eigenvalue weighted by molar-refractivity contribution is -0.231. The molecular formula is C5H3F7O. The Morgan fingerprint density at radius 3 is 1.38 bits per heavy atom. The molecule has 1 atom stereocenters. The molecule has 0 aliphatic carbocycles. The fraction of sp³-hybridized carbons (Fsp3) is 0.600. The average Bonchev–Trinajstić information content (AvgIpc) is 2.33. The molecule has 78 valence electrons. The van der Waals surface area contributed by atoms with E-state index >= 15 is 0 Å². The zero-order chi connectivity index (χ0) is 10.9. The molecule has 13 heavy (non-hydrogen) atoms. The van der Waals surface area contributed by atoms with E-state index in [0.29, 0.717) is 0 Å². The fourth-order valence-corrected chi connectivity index (χ4v) is 0.374. The van der Waals surface area contributed by atoms with E-state index in [2.05, 4.69) is 11.3 Å². The molecule has 0 aromatic carbocycles. The SMILES string of the molecule is C=CF.FC(F)(F)C1(F)OC1(F)F. The second-order valence-corrected chi connectivity index (χ2v) is 1.87. The van der Waals surface area contributed by atoms with Crippen molar-refractivity contribution in [1.82, 2.24) is 0 Å². The molecule has 0 aromatic rings. The van der Waals surface area contributed by atoms with Crippen LogP contribution >= 0.6 is 0 Å². The maximum atomic E-state index is 11.7. The van der Waals surface area contributed by atoms with Crippen LogP contribution in [0.3, 0.4) is 0 Å². The van der Waals surface area contributed by atoms with Gasteiger partial charge in [-0.3, -0.25) is 4.74 Å². The molecule has 0 saturated carbocycles. The highest BCUT2D eigenvalue weighted by Gasteiger charge is 2.90. The standard InChI is InChI=1S/C3F6O.C2H3F/c4-1(2(5,6)7)3(8,9)10-1;1-2-3/h;2H,1H2. The molecule has 1 unspecified atom stereocenters. The van der Waals surface area contributed by atoms with Crippen molar-refractivity contribution in [2.45, 2.75) is 18.1 Å². The first kappa shape index (κ1) is 12.2. The third kappa shape index (κ3) is 2.11. The Kier molecular flexibility index (Phi) is 2.97. The summed E-state index contributed by atoms with van der Waals surface area (Å²) >= 11 is 0. The molecule has 0 radical (unpaired) electrons. The number of halogens is 7. The molecule has 1 rings (SSSR count). The Labute approximate surface area is 67.8 Å². The minimum atomic E-state index is -5.66. The van der Waals surface area contributed by atoms with E-state index in [1.54, 1.807) is 0 Å². The van der Waals surface area contributed by atoms with Gasteiger partial charge in [0.1, 0.15) is 0 Å². The van der Waals surface area contributed by atoms with Crippen LogP contribution in [0.5, 0.6) is 0 Å². The van der Waals surface area contributed by atoms with E-state index < -0.39 is 18.1 Å². The van der Waals surface area contributed by atoms with Gasteiger partial charge in [0, 0.05) is 0 Å². The van der Waals surface area contributed by atoms with Gasteiger partial charge in [0.25, 0.3) is 0 Å². The van der Waals surface area contributed by atoms with E-state index in [1.165, 1.54) is 0 Å². The second kappa shape index (κ2) is 3.17. The van der Waals surface area contributed by atoms with Crippen molar-refractivity contribution in [2.24, 2.45) is 0 Å². The largest absolute Gasteiger partial charge is 0.458 e. The van der Waals surface area contributed by atoms with Crippen molar-refractivity contribution in [3.8, 4) is 0 Å². The topological polar surface area (TPSA) is 12.5 Å². The lowest BCUT2D eigenvalue weighted by Gasteiger charge is -2.04. The molecule has 1 aliphatic heterocycles. The van der Waals surface area contributed by atoms with Gasteiger partial charge in [-0.25, -0.2) is 4.39 Å². The van der Waals surface area contributed by atoms with Gasteiger partial charge in [-0.15, -0.1) is 0 Å². The van der Waals surface area contributed by atoms with Crippen LogP contribution in [-0.4, -0.2) is 18.1 Å². The molecule has 1 fully saturated rings. The third-order valence-corrected chi connectivity index (χ3v) is 0.966. The molecule has 1 saturated heterocycles. The number of hydrogen-bond donors (Lipinski definition) is 0. The van der Waals surface area contributed by atoms with Gasteiger partial charge >= 0.3 is 18.1 Å². The zero-order valence-corrected chi connectivity index (χ0v) is 5.84. The minimum Gasteiger partial charge on any atom is -0.263 e. The highest BCUT2D eigenvalue weighted by atomic mass is 19.4. The first-order chi connectivity index (χ1) is 5.62. The number of ether oxygens (including phenoxy) is 1. The summed E-state index contributed by atoms with van der Waals surface area (Å²) < 4.78 is 80.4. The van der Waals surface area contributed by atoms with Gasteiger partial charge in [0.05, 0.1) is 6.33 Å². The van der Waals surface area contributed by atoms with Crippen LogP contribution < -0.4 is 0 Å². The van der Waals surface area contributed by atoms with Crippen molar-refractivity contribution in [3.05, 3.63) is 12.9 Å². The summed E-state index contributed by atoms with van der Waals surface area (Å²) in [6.07, 6.45) is -10.1. The van der Waals surface area contributed by atoms with E-state index in [-0.39, 0.29) is 6.33 Å². The monoisotopic (exact) mass is 212 g/mol. The smallest absolute Gasteiger partial charge is 0.263 e. The molecular weight excluding hydrogens is 209 g/mol. The predicted octanol–water partition coefficient (Wildman–Crippen LogP) is 2.94. The first-order valence-corrected chi connectivity index (χ1v) is 2.67. The Hall–Kier alpha value is -0.790. The maximum Gasteiger partial charge on any atom is 0.458 e. The van der Waals surface area contributed by atoms with Gasteiger partial charge in [-0.05, 0) is 0 Å². The molecule has 8 heteroatoms. The van der Waals surface area contributed by atoms with Gasteiger partial charge < -0.3 is 0 Å². The van der Waals surface area contributed by atoms with E-state index in [1.807, 2.05) is 0 Å². The normalized spacial score (nSPS) is 30.1. The molecule has 0 aromatic heterocycles. The van der Waals surface area contributed by atoms with Crippen LogP contribution in [0, 0.1) is 0 Å². The summed E-state index contributed by atoms with van der Waals surface area (Å²) in [4.78, 5) is 0. The quantitative estimate of drug-likeness (QED) is 0.444. The molecule has 0 amide bonds. The van der Waals surface area contributed by atoms with Gasteiger partial charge in [-0.2, -0.15) is 26.3 Å². The van der Waals surface area contributed by atoms with Crippen molar-refractivity contribution >= 4 is 0 Å². The Morgan fingerprint density at radius 1 is 1.15 bits per heavy atom. The van der Waals surface area contributed by atoms with Gasteiger partial charge in [0.15, 0.2) is 0 Å². The Balaban J connectivity index is 0.000000424. The predicted molar refractivity (Wildman–Crippen MR) is 27.2 cm³/mol. The Bertz CT molecular complexity index is 198. The number of hydrogen-bond acceptors (Lipinski definition) is 1. The number of rotatable bonds is 0. The third-order valence-electron chi connectivity index (χ3n) is 0.966. The summed E-state index contributed by atoms with van der Waals surface area (Å²) in [7, 11) is 0. The average molecular weight is 212 g/mol. The van der Waals surface area contributed by atoms with Gasteiger partial charge in [-0.1, -0.05) is 6.58 Å². The number of alkyl halides is 6. The molecule has 1 nitrogen and oxygen atoms in total. The van der Waals surface area contributed by atoms with Crippen molar-refractivity contribution in [1.29, 1.82) is 0 Å². The van der Waals surface area contributed by atoms with E-state index in [9.17, 15) is 30.7 Å². The maximum absolute atomic E-state index is 11.7. The van der Waals surface area contributed by atoms with Crippen LogP contribution in [0.1, 0.15) is 0 Å². The van der Waals surface area contributed by atoms with Crippen molar-refractivity contribution in [3.63, 3.8) is 0 Å². The van der Waals surface area contributed by atoms with Gasteiger partial charge in [0.2, 0.25) is 0 Å². The lowest BCUT2D eigenvalue weighted by atomic mass is 10.4. The molecule has 0 N–H and O–H groups in total. The van der Waals surface area contributed by atoms with E-state index in [4.69, 9.17) is 0 Å². The van der Waals surface area contributed by atoms with Crippen LogP contribution in [0.15, 0.2) is 12.9 Å². The summed E-state index contributed by atoms with van der Waals surface area (Å²) in [5.41, 5.74) is 0. The second-order valence-electron chi connectivity index (χ2n) is 1.87. The lowest BCUT2D eigenvalue weighted by Crippen LogP contribution is -2.32. The summed E-state index contributed by atoms with van der Waals surface area (Å²) in [5.74, 6) is -4.75. The summed E-state index contributed by atoms with van der Waals surface area (Å²) in [6.45, 7) is 2.69. The van der Waals surface area contributed by atoms with E-state index in [0.717, 1.165) is 0 Å². The summed E-state index contributed by atoms with van der Waals surface area (Å²) in [5, 5.41) is 0. The molecule has 0 bridgehead atoms. The van der Waals surface area contributed by atoms with Crippen molar-refractivity contribution < 1.29 is 35.5 Å². The number of epoxide rings is 1. The molecule has 1 heterocycles. The van der Waals surface area contributed by atoms with Crippen molar-refractivity contribution in [2.75, 3.05) is 0 Å². The molecule has 0 spiro atoms. The van der Waals surface area contributed by atoms with Crippen LogP contribution in [-0.2, 0) is 4.74 Å². The minimum absolute atomic E-state index is 0.250. The van der Waals surface area contributed by atoms with Crippen LogP contribution in [0.4, 0.5) is 30.7 Å². The highest BCUT2D eigenvalue weighted by Crippen LogP contribution is 2.60. The van der Waals surface area contributed by atoms with Crippen LogP contribution in [0.2, 0.25) is 0 Å². The first-order valence-electron chi connectivity index (χ1n) is 2.67. The molecule has 1 aliphatic rings. The zero-order valence-electron chi connectivity index (χ0n) is 5.84. The van der Waals surface area contributed by atoms with Crippen LogP contribution in [0.25, 0.3) is 0 Å². The highest BCUT2D eigenvalue weighted by molar-refractivity contribution is 4.99. The Morgan fingerprint density at radius 2 is 1.38 bits per heavy atom. The summed E-state index contributed by atoms with van der Waals surface area (Å²) in [6, 6.07) is 0. The fourth-order valence-electron chi connectivity index (χ4n) is 0.374.